The molecule has 0 saturated carbocycles. The van der Waals surface area contributed by atoms with Gasteiger partial charge in [-0.2, -0.15) is 0 Å². The number of methoxy groups -OCH3 is 2. The topological polar surface area (TPSA) is 82.8 Å². The molecular formula is C21H17ClO6. The maximum atomic E-state index is 12.7. The largest absolute Gasteiger partial charge is 0.495 e. The lowest BCUT2D eigenvalue weighted by Gasteiger charge is -2.16. The van der Waals surface area contributed by atoms with Crippen molar-refractivity contribution in [3.05, 3.63) is 75.1 Å². The molecule has 0 N–H and O–H groups in total. The molecule has 0 fully saturated rings. The zero-order chi connectivity index (χ0) is 20.3. The second-order valence-electron chi connectivity index (χ2n) is 6.07. The maximum Gasteiger partial charge on any atom is 0.336 e. The molecule has 1 heterocycles. The highest BCUT2D eigenvalue weighted by Gasteiger charge is 2.28. The number of ether oxygens (including phenoxy) is 2. The summed E-state index contributed by atoms with van der Waals surface area (Å²) in [5, 5.41) is 0.713. The predicted octanol–water partition coefficient (Wildman–Crippen LogP) is 3.98. The van der Waals surface area contributed by atoms with E-state index in [1.165, 1.54) is 32.4 Å². The Morgan fingerprint density at radius 3 is 2.46 bits per heavy atom. The first-order chi connectivity index (χ1) is 13.4. The van der Waals surface area contributed by atoms with Gasteiger partial charge in [0.25, 0.3) is 0 Å². The van der Waals surface area contributed by atoms with Crippen LogP contribution in [-0.4, -0.2) is 26.0 Å². The third-order valence-electron chi connectivity index (χ3n) is 4.40. The van der Waals surface area contributed by atoms with Crippen LogP contribution >= 0.6 is 11.6 Å². The summed E-state index contributed by atoms with van der Waals surface area (Å²) >= 11 is 6.21. The average molecular weight is 401 g/mol. The number of esters is 1. The second-order valence-corrected chi connectivity index (χ2v) is 6.48. The van der Waals surface area contributed by atoms with E-state index in [1.807, 2.05) is 0 Å². The Balaban J connectivity index is 2.13. The highest BCUT2D eigenvalue weighted by Crippen LogP contribution is 2.35. The van der Waals surface area contributed by atoms with E-state index in [4.69, 9.17) is 25.5 Å². The number of halogens is 1. The van der Waals surface area contributed by atoms with Crippen LogP contribution in [0.5, 0.6) is 5.75 Å². The van der Waals surface area contributed by atoms with Crippen molar-refractivity contribution in [3.8, 4) is 5.75 Å². The molecular weight excluding hydrogens is 384 g/mol. The fourth-order valence-electron chi connectivity index (χ4n) is 3.02. The van der Waals surface area contributed by atoms with E-state index < -0.39 is 17.5 Å². The Morgan fingerprint density at radius 2 is 1.82 bits per heavy atom. The Bertz CT molecular complexity index is 1090. The second kappa shape index (κ2) is 8.27. The molecule has 0 aliphatic rings. The first-order valence-corrected chi connectivity index (χ1v) is 8.79. The molecule has 1 unspecified atom stereocenters. The van der Waals surface area contributed by atoms with Crippen molar-refractivity contribution < 1.29 is 23.5 Å². The van der Waals surface area contributed by atoms with E-state index in [0.717, 1.165) is 0 Å². The molecule has 1 aromatic heterocycles. The zero-order valence-electron chi connectivity index (χ0n) is 15.2. The van der Waals surface area contributed by atoms with E-state index >= 15 is 0 Å². The molecule has 0 amide bonds. The molecule has 0 saturated heterocycles. The zero-order valence-corrected chi connectivity index (χ0v) is 16.0. The van der Waals surface area contributed by atoms with E-state index in [0.29, 0.717) is 22.3 Å². The molecule has 0 aliphatic carbocycles. The molecule has 2 aromatic carbocycles. The lowest BCUT2D eigenvalue weighted by Crippen LogP contribution is -2.20. The van der Waals surface area contributed by atoms with Crippen LogP contribution in [0.25, 0.3) is 11.0 Å². The van der Waals surface area contributed by atoms with Gasteiger partial charge in [-0.1, -0.05) is 41.9 Å². The number of Topliss-reactive ketones (excluding diaryl/α,β-unsaturated/α-hetero) is 1. The van der Waals surface area contributed by atoms with Gasteiger partial charge in [0, 0.05) is 29.5 Å². The monoisotopic (exact) mass is 400 g/mol. The number of fused-ring (bicyclic) bond motifs is 1. The first-order valence-electron chi connectivity index (χ1n) is 8.42. The van der Waals surface area contributed by atoms with Gasteiger partial charge >= 0.3 is 11.6 Å². The molecule has 7 heteroatoms. The van der Waals surface area contributed by atoms with E-state index in [1.54, 1.807) is 30.3 Å². The molecule has 28 heavy (non-hydrogen) atoms. The van der Waals surface area contributed by atoms with E-state index in [9.17, 15) is 14.4 Å². The van der Waals surface area contributed by atoms with Gasteiger partial charge in [-0.05, 0) is 11.6 Å². The summed E-state index contributed by atoms with van der Waals surface area (Å²) in [6.07, 6.45) is -0.168. The van der Waals surface area contributed by atoms with Crippen LogP contribution in [0.4, 0.5) is 0 Å². The normalized spacial score (nSPS) is 11.8. The molecule has 0 spiro atoms. The third-order valence-corrected chi connectivity index (χ3v) is 4.69. The van der Waals surface area contributed by atoms with E-state index in [-0.39, 0.29) is 22.8 Å². The predicted molar refractivity (Wildman–Crippen MR) is 104 cm³/mol. The minimum absolute atomic E-state index is 0.168. The Morgan fingerprint density at radius 1 is 1.11 bits per heavy atom. The van der Waals surface area contributed by atoms with Crippen molar-refractivity contribution in [1.29, 1.82) is 0 Å². The Kier molecular flexibility index (Phi) is 5.80. The van der Waals surface area contributed by atoms with Gasteiger partial charge in [0.15, 0.2) is 5.78 Å². The van der Waals surface area contributed by atoms with Crippen LogP contribution in [0.3, 0.4) is 0 Å². The number of rotatable bonds is 6. The standard InChI is InChI=1S/C21H17ClO6/c1-26-19-11-18-14(8-16(19)22)13(10-20(24)28-18)15(21(25)27-2)9-17(23)12-6-4-3-5-7-12/h3-8,10-11,15H,9H2,1-2H3. The number of hydrogen-bond acceptors (Lipinski definition) is 6. The number of carbonyl (C=O) groups excluding carboxylic acids is 2. The SMILES string of the molecule is COC(=O)C(CC(=O)c1ccccc1)c1cc(=O)oc2cc(OC)c(Cl)cc12. The number of ketones is 1. The van der Waals surface area contributed by atoms with Crippen LogP contribution in [0, 0.1) is 0 Å². The summed E-state index contributed by atoms with van der Waals surface area (Å²) in [4.78, 5) is 37.2. The van der Waals surface area contributed by atoms with Gasteiger partial charge in [-0.15, -0.1) is 0 Å². The van der Waals surface area contributed by atoms with Crippen LogP contribution < -0.4 is 10.4 Å². The molecule has 3 rings (SSSR count). The summed E-state index contributed by atoms with van der Waals surface area (Å²) < 4.78 is 15.3. The third kappa shape index (κ3) is 3.92. The summed E-state index contributed by atoms with van der Waals surface area (Å²) in [5.41, 5.74) is 0.313. The van der Waals surface area contributed by atoms with Gasteiger partial charge < -0.3 is 13.9 Å². The van der Waals surface area contributed by atoms with Crippen LogP contribution in [-0.2, 0) is 9.53 Å². The summed E-state index contributed by atoms with van der Waals surface area (Å²) in [6, 6.07) is 12.8. The van der Waals surface area contributed by atoms with Gasteiger partial charge in [-0.25, -0.2) is 4.79 Å². The Labute approximate surface area is 165 Å². The lowest BCUT2D eigenvalue weighted by atomic mass is 9.89. The van der Waals surface area contributed by atoms with Crippen LogP contribution in [0.2, 0.25) is 5.02 Å². The minimum Gasteiger partial charge on any atom is -0.495 e. The van der Waals surface area contributed by atoms with Gasteiger partial charge in [0.2, 0.25) is 0 Å². The lowest BCUT2D eigenvalue weighted by molar-refractivity contribution is -0.142. The van der Waals surface area contributed by atoms with Gasteiger partial charge in [-0.3, -0.25) is 9.59 Å². The fraction of sp³-hybridized carbons (Fsp3) is 0.190. The highest BCUT2D eigenvalue weighted by atomic mass is 35.5. The molecule has 1 atom stereocenters. The molecule has 144 valence electrons. The first kappa shape index (κ1) is 19.6. The Hall–Kier alpha value is -3.12. The fourth-order valence-corrected chi connectivity index (χ4v) is 3.26. The summed E-state index contributed by atoms with van der Waals surface area (Å²) in [7, 11) is 2.66. The van der Waals surface area contributed by atoms with Crippen molar-refractivity contribution >= 4 is 34.3 Å². The van der Waals surface area contributed by atoms with Crippen molar-refractivity contribution in [2.75, 3.05) is 14.2 Å². The molecule has 3 aromatic rings. The average Bonchev–Trinajstić information content (AvgIpc) is 2.71. The maximum absolute atomic E-state index is 12.7. The van der Waals surface area contributed by atoms with Crippen LogP contribution in [0.1, 0.15) is 28.3 Å². The molecule has 0 radical (unpaired) electrons. The smallest absolute Gasteiger partial charge is 0.336 e. The quantitative estimate of drug-likeness (QED) is 0.353. The summed E-state index contributed by atoms with van der Waals surface area (Å²) in [6.45, 7) is 0. The van der Waals surface area contributed by atoms with Crippen molar-refractivity contribution in [2.24, 2.45) is 0 Å². The number of hydrogen-bond donors (Lipinski definition) is 0. The number of carbonyl (C=O) groups is 2. The highest BCUT2D eigenvalue weighted by molar-refractivity contribution is 6.32. The van der Waals surface area contributed by atoms with Crippen molar-refractivity contribution in [2.45, 2.75) is 12.3 Å². The van der Waals surface area contributed by atoms with Crippen LogP contribution in [0.15, 0.2) is 57.7 Å². The minimum atomic E-state index is -0.992. The van der Waals surface area contributed by atoms with Crippen molar-refractivity contribution in [1.82, 2.24) is 0 Å². The van der Waals surface area contributed by atoms with Gasteiger partial charge in [0.05, 0.1) is 25.2 Å². The number of benzene rings is 2. The summed E-state index contributed by atoms with van der Waals surface area (Å²) in [5.74, 6) is -1.56. The van der Waals surface area contributed by atoms with E-state index in [2.05, 4.69) is 0 Å². The molecule has 0 aliphatic heterocycles. The van der Waals surface area contributed by atoms with Gasteiger partial charge in [0.1, 0.15) is 11.3 Å². The molecule has 6 nitrogen and oxygen atoms in total. The van der Waals surface area contributed by atoms with Crippen molar-refractivity contribution in [3.63, 3.8) is 0 Å². The molecule has 0 bridgehead atoms.